The third kappa shape index (κ3) is 1.94. The fraction of sp³-hybridized carbons (Fsp3) is 0.308. The van der Waals surface area contributed by atoms with Gasteiger partial charge < -0.3 is 5.73 Å². The first-order chi connectivity index (χ1) is 7.58. The first-order valence-corrected chi connectivity index (χ1v) is 5.49. The Morgan fingerprint density at radius 3 is 2.31 bits per heavy atom. The van der Waals surface area contributed by atoms with Gasteiger partial charge in [0, 0.05) is 17.8 Å². The Labute approximate surface area is 95.9 Å². The second kappa shape index (κ2) is 4.00. The molecule has 2 N–H and O–H groups in total. The molecule has 0 atom stereocenters. The Kier molecular flexibility index (Phi) is 2.69. The number of anilines is 1. The summed E-state index contributed by atoms with van der Waals surface area (Å²) in [6.07, 6.45) is 1.89. The van der Waals surface area contributed by atoms with Gasteiger partial charge in [0.1, 0.15) is 5.69 Å². The molecule has 1 aromatic heterocycles. The molecule has 3 heteroatoms. The summed E-state index contributed by atoms with van der Waals surface area (Å²) in [5.74, 6) is 0. The van der Waals surface area contributed by atoms with Crippen LogP contribution in [-0.2, 0) is 0 Å². The molecular formula is C13H17N3. The normalized spacial score (nSPS) is 11.0. The molecule has 0 aliphatic carbocycles. The van der Waals surface area contributed by atoms with Gasteiger partial charge in [0.25, 0.3) is 0 Å². The van der Waals surface area contributed by atoms with E-state index in [2.05, 4.69) is 50.1 Å². The van der Waals surface area contributed by atoms with Crippen molar-refractivity contribution in [1.82, 2.24) is 9.78 Å². The number of nitrogens with zero attached hydrogens (tertiary/aromatic N) is 2. The highest BCUT2D eigenvalue weighted by Crippen LogP contribution is 2.25. The molecule has 0 bridgehead atoms. The summed E-state index contributed by atoms with van der Waals surface area (Å²) in [7, 11) is 0. The van der Waals surface area contributed by atoms with E-state index < -0.39 is 0 Å². The molecule has 2 aromatic rings. The molecule has 0 saturated heterocycles. The van der Waals surface area contributed by atoms with Crippen molar-refractivity contribution in [3.05, 3.63) is 36.0 Å². The first kappa shape index (κ1) is 10.7. The fourth-order valence-corrected chi connectivity index (χ4v) is 1.61. The molecular weight excluding hydrogens is 198 g/mol. The summed E-state index contributed by atoms with van der Waals surface area (Å²) in [5, 5.41) is 4.50. The van der Waals surface area contributed by atoms with Crippen LogP contribution in [0.2, 0.25) is 0 Å². The lowest BCUT2D eigenvalue weighted by atomic mass is 10.1. The van der Waals surface area contributed by atoms with Crippen molar-refractivity contribution in [2.24, 2.45) is 0 Å². The van der Waals surface area contributed by atoms with Crippen molar-refractivity contribution in [3.63, 3.8) is 0 Å². The van der Waals surface area contributed by atoms with Gasteiger partial charge in [-0.25, -0.2) is 0 Å². The van der Waals surface area contributed by atoms with Gasteiger partial charge in [-0.3, -0.25) is 4.68 Å². The topological polar surface area (TPSA) is 43.8 Å². The molecule has 0 aliphatic heterocycles. The Bertz CT molecular complexity index is 480. The third-order valence-corrected chi connectivity index (χ3v) is 2.61. The van der Waals surface area contributed by atoms with Crippen molar-refractivity contribution in [2.75, 3.05) is 5.73 Å². The lowest BCUT2D eigenvalue weighted by Crippen LogP contribution is -2.00. The van der Waals surface area contributed by atoms with Gasteiger partial charge in [0.2, 0.25) is 0 Å². The van der Waals surface area contributed by atoms with Crippen LogP contribution in [0.3, 0.4) is 0 Å². The Balaban J connectivity index is 2.44. The maximum absolute atomic E-state index is 5.97. The Morgan fingerprint density at radius 2 is 1.81 bits per heavy atom. The molecule has 16 heavy (non-hydrogen) atoms. The summed E-state index contributed by atoms with van der Waals surface area (Å²) >= 11 is 0. The maximum Gasteiger partial charge on any atom is 0.115 e. The van der Waals surface area contributed by atoms with Crippen LogP contribution in [0, 0.1) is 6.92 Å². The second-order valence-corrected chi connectivity index (χ2v) is 4.37. The summed E-state index contributed by atoms with van der Waals surface area (Å²) in [4.78, 5) is 0. The van der Waals surface area contributed by atoms with Crippen LogP contribution in [0.25, 0.3) is 11.3 Å². The highest BCUT2D eigenvalue weighted by molar-refractivity contribution is 5.72. The number of hydrogen-bond acceptors (Lipinski definition) is 2. The van der Waals surface area contributed by atoms with Crippen LogP contribution in [0.5, 0.6) is 0 Å². The van der Waals surface area contributed by atoms with E-state index in [4.69, 9.17) is 5.73 Å². The van der Waals surface area contributed by atoms with Crippen LogP contribution < -0.4 is 5.73 Å². The van der Waals surface area contributed by atoms with Crippen LogP contribution in [0.4, 0.5) is 5.69 Å². The van der Waals surface area contributed by atoms with Gasteiger partial charge in [0.05, 0.1) is 5.69 Å². The standard InChI is InChI=1S/C13H17N3/c1-9(2)16-8-12(14)13(15-16)11-6-4-10(3)5-7-11/h4-9H,14H2,1-3H3. The van der Waals surface area contributed by atoms with E-state index in [0.29, 0.717) is 6.04 Å². The fourth-order valence-electron chi connectivity index (χ4n) is 1.61. The van der Waals surface area contributed by atoms with Crippen molar-refractivity contribution in [1.29, 1.82) is 0 Å². The zero-order chi connectivity index (χ0) is 11.7. The van der Waals surface area contributed by atoms with E-state index in [9.17, 15) is 0 Å². The van der Waals surface area contributed by atoms with Crippen molar-refractivity contribution in [3.8, 4) is 11.3 Å². The molecule has 0 fully saturated rings. The van der Waals surface area contributed by atoms with Gasteiger partial charge in [-0.15, -0.1) is 0 Å². The lowest BCUT2D eigenvalue weighted by molar-refractivity contribution is 0.534. The molecule has 0 amide bonds. The SMILES string of the molecule is Cc1ccc(-c2nn(C(C)C)cc2N)cc1. The zero-order valence-electron chi connectivity index (χ0n) is 9.94. The molecule has 0 aliphatic rings. The quantitative estimate of drug-likeness (QED) is 0.836. The highest BCUT2D eigenvalue weighted by Gasteiger charge is 2.09. The third-order valence-electron chi connectivity index (χ3n) is 2.61. The van der Waals surface area contributed by atoms with E-state index in [1.54, 1.807) is 0 Å². The molecule has 0 radical (unpaired) electrons. The number of aryl methyl sites for hydroxylation is 1. The summed E-state index contributed by atoms with van der Waals surface area (Å²) < 4.78 is 1.89. The largest absolute Gasteiger partial charge is 0.396 e. The zero-order valence-corrected chi connectivity index (χ0v) is 9.94. The molecule has 0 spiro atoms. The van der Waals surface area contributed by atoms with E-state index in [-0.39, 0.29) is 0 Å². The van der Waals surface area contributed by atoms with E-state index >= 15 is 0 Å². The molecule has 84 valence electrons. The van der Waals surface area contributed by atoms with Gasteiger partial charge in [-0.05, 0) is 20.8 Å². The number of aromatic nitrogens is 2. The van der Waals surface area contributed by atoms with Crippen LogP contribution in [-0.4, -0.2) is 9.78 Å². The van der Waals surface area contributed by atoms with Crippen molar-refractivity contribution in [2.45, 2.75) is 26.8 Å². The van der Waals surface area contributed by atoms with Crippen LogP contribution >= 0.6 is 0 Å². The van der Waals surface area contributed by atoms with Gasteiger partial charge in [-0.1, -0.05) is 29.8 Å². The summed E-state index contributed by atoms with van der Waals surface area (Å²) in [6, 6.07) is 8.59. The predicted molar refractivity (Wildman–Crippen MR) is 67.2 cm³/mol. The molecule has 1 aromatic carbocycles. The number of benzene rings is 1. The number of nitrogens with two attached hydrogens (primary N) is 1. The smallest absolute Gasteiger partial charge is 0.115 e. The Hall–Kier alpha value is -1.77. The predicted octanol–water partition coefficient (Wildman–Crippen LogP) is 3.02. The molecule has 0 unspecified atom stereocenters. The molecule has 3 nitrogen and oxygen atoms in total. The minimum atomic E-state index is 0.335. The molecule has 1 heterocycles. The summed E-state index contributed by atoms with van der Waals surface area (Å²) in [6.45, 7) is 6.25. The maximum atomic E-state index is 5.97. The van der Waals surface area contributed by atoms with Crippen LogP contribution in [0.15, 0.2) is 30.5 Å². The highest BCUT2D eigenvalue weighted by atomic mass is 15.3. The van der Waals surface area contributed by atoms with Crippen molar-refractivity contribution < 1.29 is 0 Å². The minimum absolute atomic E-state index is 0.335. The lowest BCUT2D eigenvalue weighted by Gasteiger charge is -2.03. The molecule has 0 saturated carbocycles. The number of nitrogen functional groups attached to an aromatic ring is 1. The van der Waals surface area contributed by atoms with Crippen LogP contribution in [0.1, 0.15) is 25.5 Å². The monoisotopic (exact) mass is 215 g/mol. The minimum Gasteiger partial charge on any atom is -0.396 e. The summed E-state index contributed by atoms with van der Waals surface area (Å²) in [5.41, 5.74) is 9.88. The Morgan fingerprint density at radius 1 is 1.19 bits per heavy atom. The second-order valence-electron chi connectivity index (χ2n) is 4.37. The van der Waals surface area contributed by atoms with E-state index in [0.717, 1.165) is 16.9 Å². The molecule has 2 rings (SSSR count). The average Bonchev–Trinajstić information content (AvgIpc) is 2.62. The van der Waals surface area contributed by atoms with Gasteiger partial charge in [-0.2, -0.15) is 5.10 Å². The first-order valence-electron chi connectivity index (χ1n) is 5.49. The van der Waals surface area contributed by atoms with Gasteiger partial charge in [0.15, 0.2) is 0 Å². The van der Waals surface area contributed by atoms with E-state index in [1.807, 2.05) is 10.9 Å². The van der Waals surface area contributed by atoms with Crippen molar-refractivity contribution >= 4 is 5.69 Å². The number of hydrogen-bond donors (Lipinski definition) is 1. The number of rotatable bonds is 2. The average molecular weight is 215 g/mol. The van der Waals surface area contributed by atoms with E-state index in [1.165, 1.54) is 5.56 Å². The van der Waals surface area contributed by atoms with Gasteiger partial charge >= 0.3 is 0 Å².